The molecular weight excluding hydrogens is 288 g/mol. The molecule has 0 saturated carbocycles. The number of nitrogens with zero attached hydrogens (tertiary/aromatic N) is 2. The van der Waals surface area contributed by atoms with E-state index >= 15 is 0 Å². The summed E-state index contributed by atoms with van der Waals surface area (Å²) in [6.45, 7) is 5.36. The van der Waals surface area contributed by atoms with Crippen LogP contribution in [0.4, 0.5) is 5.69 Å². The van der Waals surface area contributed by atoms with Crippen LogP contribution in [0.3, 0.4) is 0 Å². The number of thiophene rings is 1. The molecule has 3 rings (SSSR count). The van der Waals surface area contributed by atoms with Gasteiger partial charge in [-0.25, -0.2) is 0 Å². The number of hydrogen-bond acceptors (Lipinski definition) is 5. The van der Waals surface area contributed by atoms with E-state index in [1.165, 1.54) is 11.3 Å². The van der Waals surface area contributed by atoms with Gasteiger partial charge in [0.25, 0.3) is 5.91 Å². The Morgan fingerprint density at radius 3 is 3.00 bits per heavy atom. The van der Waals surface area contributed by atoms with Crippen molar-refractivity contribution in [1.82, 2.24) is 15.1 Å². The molecule has 0 aliphatic carbocycles. The Kier molecular flexibility index (Phi) is 3.62. The first-order valence-corrected chi connectivity index (χ1v) is 7.92. The van der Waals surface area contributed by atoms with Gasteiger partial charge in [0.05, 0.1) is 22.9 Å². The smallest absolute Gasteiger partial charge is 0.263 e. The third-order valence-electron chi connectivity index (χ3n) is 4.15. The molecule has 1 aliphatic rings. The van der Waals surface area contributed by atoms with Crippen LogP contribution in [0.25, 0.3) is 10.2 Å². The number of carbonyl (C=O) groups excluding carboxylic acids is 1. The average Bonchev–Trinajstić information content (AvgIpc) is 3.06. The molecule has 2 aromatic rings. The van der Waals surface area contributed by atoms with Gasteiger partial charge >= 0.3 is 0 Å². The number of fused-ring (bicyclic) bond motifs is 1. The summed E-state index contributed by atoms with van der Waals surface area (Å²) in [6.07, 6.45) is 1.20. The van der Waals surface area contributed by atoms with Gasteiger partial charge in [-0.05, 0) is 20.3 Å². The summed E-state index contributed by atoms with van der Waals surface area (Å²) in [7, 11) is 1.87. The van der Waals surface area contributed by atoms with Crippen molar-refractivity contribution in [3.63, 3.8) is 0 Å². The Morgan fingerprint density at radius 2 is 2.38 bits per heavy atom. The van der Waals surface area contributed by atoms with Crippen LogP contribution in [-0.2, 0) is 11.8 Å². The second kappa shape index (κ2) is 5.31. The second-order valence-electron chi connectivity index (χ2n) is 5.57. The van der Waals surface area contributed by atoms with Crippen molar-refractivity contribution in [2.24, 2.45) is 13.0 Å². The van der Waals surface area contributed by atoms with Crippen LogP contribution in [0.1, 0.15) is 28.7 Å². The van der Waals surface area contributed by atoms with Crippen LogP contribution >= 0.6 is 11.3 Å². The van der Waals surface area contributed by atoms with E-state index in [9.17, 15) is 4.79 Å². The van der Waals surface area contributed by atoms with Crippen molar-refractivity contribution in [3.8, 4) is 0 Å². The number of amides is 1. The molecular formula is C14H20N4O2S. The van der Waals surface area contributed by atoms with Crippen molar-refractivity contribution in [2.75, 3.05) is 18.9 Å². The van der Waals surface area contributed by atoms with Crippen LogP contribution in [0.2, 0.25) is 0 Å². The zero-order valence-electron chi connectivity index (χ0n) is 12.5. The molecule has 3 heterocycles. The first kappa shape index (κ1) is 14.3. The van der Waals surface area contributed by atoms with Crippen LogP contribution < -0.4 is 11.1 Å². The molecule has 1 saturated heterocycles. The average molecular weight is 308 g/mol. The molecule has 1 aliphatic heterocycles. The molecule has 7 heteroatoms. The van der Waals surface area contributed by atoms with Crippen molar-refractivity contribution in [1.29, 1.82) is 0 Å². The van der Waals surface area contributed by atoms with E-state index in [1.807, 2.05) is 20.9 Å². The van der Waals surface area contributed by atoms with E-state index in [0.29, 0.717) is 23.0 Å². The van der Waals surface area contributed by atoms with E-state index in [-0.39, 0.29) is 12.0 Å². The molecule has 0 aromatic carbocycles. The van der Waals surface area contributed by atoms with E-state index in [4.69, 9.17) is 10.5 Å². The summed E-state index contributed by atoms with van der Waals surface area (Å²) in [5.41, 5.74) is 7.53. The first-order chi connectivity index (χ1) is 9.99. The summed E-state index contributed by atoms with van der Waals surface area (Å²) < 4.78 is 7.28. The van der Waals surface area contributed by atoms with Crippen LogP contribution in [-0.4, -0.2) is 34.9 Å². The van der Waals surface area contributed by atoms with E-state index in [1.54, 1.807) is 4.68 Å². The molecule has 0 bridgehead atoms. The van der Waals surface area contributed by atoms with Gasteiger partial charge in [-0.2, -0.15) is 5.10 Å². The standard InChI is InChI=1S/C14H20N4O2S/c1-7-10-11(15)12(21-14(10)18(3)17-7)13(19)16-6-9-4-5-20-8(9)2/h8-9H,4-6,15H2,1-3H3,(H,16,19). The normalized spacial score (nSPS) is 22.0. The number of nitrogen functional groups attached to an aromatic ring is 1. The van der Waals surface area contributed by atoms with Gasteiger partial charge in [0.2, 0.25) is 0 Å². The predicted molar refractivity (Wildman–Crippen MR) is 83.6 cm³/mol. The molecule has 1 fully saturated rings. The van der Waals surface area contributed by atoms with Gasteiger partial charge in [0.15, 0.2) is 0 Å². The lowest BCUT2D eigenvalue weighted by molar-refractivity contribution is 0.0911. The Morgan fingerprint density at radius 1 is 1.62 bits per heavy atom. The van der Waals surface area contributed by atoms with E-state index < -0.39 is 0 Å². The van der Waals surface area contributed by atoms with E-state index in [0.717, 1.165) is 28.9 Å². The van der Waals surface area contributed by atoms with Crippen molar-refractivity contribution < 1.29 is 9.53 Å². The zero-order valence-corrected chi connectivity index (χ0v) is 13.3. The largest absolute Gasteiger partial charge is 0.397 e. The summed E-state index contributed by atoms with van der Waals surface area (Å²) in [5.74, 6) is 0.278. The highest BCUT2D eigenvalue weighted by atomic mass is 32.1. The van der Waals surface area contributed by atoms with Crippen molar-refractivity contribution in [3.05, 3.63) is 10.6 Å². The maximum atomic E-state index is 12.4. The van der Waals surface area contributed by atoms with Gasteiger partial charge in [-0.3, -0.25) is 9.48 Å². The third kappa shape index (κ3) is 2.40. The van der Waals surface area contributed by atoms with Crippen LogP contribution in [0.5, 0.6) is 0 Å². The number of nitrogens with two attached hydrogens (primary N) is 1. The number of carbonyl (C=O) groups is 1. The fraction of sp³-hybridized carbons (Fsp3) is 0.571. The van der Waals surface area contributed by atoms with Gasteiger partial charge in [0.1, 0.15) is 9.71 Å². The van der Waals surface area contributed by atoms with E-state index in [2.05, 4.69) is 10.4 Å². The molecule has 2 unspecified atom stereocenters. The van der Waals surface area contributed by atoms with Crippen molar-refractivity contribution in [2.45, 2.75) is 26.4 Å². The Labute approximate surface area is 127 Å². The highest BCUT2D eigenvalue weighted by molar-refractivity contribution is 7.21. The molecule has 0 radical (unpaired) electrons. The summed E-state index contributed by atoms with van der Waals surface area (Å²) in [5, 5.41) is 8.21. The number of nitrogens with one attached hydrogen (secondary N) is 1. The molecule has 2 aromatic heterocycles. The summed E-state index contributed by atoms with van der Waals surface area (Å²) in [6, 6.07) is 0. The number of anilines is 1. The number of hydrogen-bond donors (Lipinski definition) is 2. The lowest BCUT2D eigenvalue weighted by atomic mass is 10.0. The van der Waals surface area contributed by atoms with Gasteiger partial charge < -0.3 is 15.8 Å². The van der Waals surface area contributed by atoms with Gasteiger partial charge in [0, 0.05) is 26.1 Å². The predicted octanol–water partition coefficient (Wildman–Crippen LogP) is 1.68. The number of aryl methyl sites for hydroxylation is 2. The highest BCUT2D eigenvalue weighted by Gasteiger charge is 2.26. The Hall–Kier alpha value is -1.60. The second-order valence-corrected chi connectivity index (χ2v) is 6.57. The minimum Gasteiger partial charge on any atom is -0.397 e. The molecule has 6 nitrogen and oxygen atoms in total. The van der Waals surface area contributed by atoms with Gasteiger partial charge in [-0.15, -0.1) is 11.3 Å². The fourth-order valence-electron chi connectivity index (χ4n) is 2.85. The van der Waals surface area contributed by atoms with Crippen molar-refractivity contribution >= 4 is 33.1 Å². The lowest BCUT2D eigenvalue weighted by Gasteiger charge is -2.14. The zero-order chi connectivity index (χ0) is 15.1. The monoisotopic (exact) mass is 308 g/mol. The topological polar surface area (TPSA) is 82.2 Å². The molecule has 3 N–H and O–H groups in total. The SMILES string of the molecule is Cc1nn(C)c2sc(C(=O)NCC3CCOC3C)c(N)c12. The highest BCUT2D eigenvalue weighted by Crippen LogP contribution is 2.35. The molecule has 114 valence electrons. The minimum atomic E-state index is -0.104. The number of aromatic nitrogens is 2. The van der Waals surface area contributed by atoms with Crippen LogP contribution in [0, 0.1) is 12.8 Å². The third-order valence-corrected chi connectivity index (χ3v) is 5.42. The maximum Gasteiger partial charge on any atom is 0.263 e. The first-order valence-electron chi connectivity index (χ1n) is 7.10. The molecule has 0 spiro atoms. The lowest BCUT2D eigenvalue weighted by Crippen LogP contribution is -2.31. The Balaban J connectivity index is 1.78. The summed E-state index contributed by atoms with van der Waals surface area (Å²) in [4.78, 5) is 13.9. The van der Waals surface area contributed by atoms with Gasteiger partial charge in [-0.1, -0.05) is 0 Å². The quantitative estimate of drug-likeness (QED) is 0.904. The molecule has 2 atom stereocenters. The fourth-order valence-corrected chi connectivity index (χ4v) is 3.95. The maximum absolute atomic E-state index is 12.4. The van der Waals surface area contributed by atoms with Crippen LogP contribution in [0.15, 0.2) is 0 Å². The minimum absolute atomic E-state index is 0.104. The Bertz CT molecular complexity index is 691. The summed E-state index contributed by atoms with van der Waals surface area (Å²) >= 11 is 1.39. The molecule has 21 heavy (non-hydrogen) atoms. The number of rotatable bonds is 3. The number of ether oxygens (including phenoxy) is 1. The molecule has 1 amide bonds.